The van der Waals surface area contributed by atoms with Crippen molar-refractivity contribution in [2.24, 2.45) is 0 Å². The van der Waals surface area contributed by atoms with Gasteiger partial charge in [0.1, 0.15) is 0 Å². The molecule has 1 amide bonds. The summed E-state index contributed by atoms with van der Waals surface area (Å²) in [6.07, 6.45) is 3.81. The summed E-state index contributed by atoms with van der Waals surface area (Å²) in [5, 5.41) is 6.14. The van der Waals surface area contributed by atoms with E-state index in [9.17, 15) is 9.59 Å². The number of ether oxygens (including phenoxy) is 1. The van der Waals surface area contributed by atoms with Crippen LogP contribution < -0.4 is 10.6 Å². The number of amides is 1. The molecule has 0 saturated carbocycles. The van der Waals surface area contributed by atoms with Crippen LogP contribution in [0.5, 0.6) is 0 Å². The summed E-state index contributed by atoms with van der Waals surface area (Å²) in [5.41, 5.74) is 5.16. The Morgan fingerprint density at radius 1 is 1.04 bits per heavy atom. The van der Waals surface area contributed by atoms with E-state index in [2.05, 4.69) is 10.6 Å². The number of fused-ring (bicyclic) bond motifs is 2. The number of rotatable bonds is 2. The van der Waals surface area contributed by atoms with E-state index in [4.69, 9.17) is 4.74 Å². The van der Waals surface area contributed by atoms with Gasteiger partial charge in [0.25, 0.3) is 5.91 Å². The van der Waals surface area contributed by atoms with Crippen LogP contribution in [0.25, 0.3) is 11.6 Å². The van der Waals surface area contributed by atoms with Gasteiger partial charge in [-0.25, -0.2) is 4.79 Å². The molecule has 0 radical (unpaired) electrons. The monoisotopic (exact) mass is 332 g/mol. The van der Waals surface area contributed by atoms with E-state index in [1.165, 1.54) is 0 Å². The predicted octanol–water partition coefficient (Wildman–Crippen LogP) is 3.67. The highest BCUT2D eigenvalue weighted by Gasteiger charge is 2.27. The van der Waals surface area contributed by atoms with Crippen molar-refractivity contribution in [1.82, 2.24) is 0 Å². The van der Waals surface area contributed by atoms with Gasteiger partial charge in [-0.15, -0.1) is 0 Å². The molecule has 5 nitrogen and oxygen atoms in total. The molecule has 0 atom stereocenters. The molecule has 0 fully saturated rings. The molecular formula is C20H16N2O3. The standard InChI is InChI=1S/C20H16N2O3/c1-2-25-20(24)13-8-7-12-9-10-16(21-17(12)11-13)18-14-5-3-4-6-15(14)22-19(18)23/h3-11,21H,2H2,1H3,(H,22,23)/b18-16-. The van der Waals surface area contributed by atoms with Crippen LogP contribution >= 0.6 is 0 Å². The number of esters is 1. The quantitative estimate of drug-likeness (QED) is 0.650. The molecule has 2 aliphatic rings. The van der Waals surface area contributed by atoms with Gasteiger partial charge >= 0.3 is 5.97 Å². The third kappa shape index (κ3) is 2.59. The minimum absolute atomic E-state index is 0.140. The van der Waals surface area contributed by atoms with E-state index in [-0.39, 0.29) is 11.9 Å². The van der Waals surface area contributed by atoms with E-state index in [1.807, 2.05) is 42.5 Å². The normalized spacial score (nSPS) is 17.4. The minimum atomic E-state index is -0.361. The highest BCUT2D eigenvalue weighted by atomic mass is 16.5. The molecule has 2 aromatic rings. The first-order chi connectivity index (χ1) is 12.2. The zero-order valence-electron chi connectivity index (χ0n) is 13.6. The molecule has 124 valence electrons. The van der Waals surface area contributed by atoms with E-state index < -0.39 is 0 Å². The summed E-state index contributed by atoms with van der Waals surface area (Å²) in [5.74, 6) is -0.502. The van der Waals surface area contributed by atoms with Crippen LogP contribution in [0.15, 0.2) is 54.2 Å². The van der Waals surface area contributed by atoms with Gasteiger partial charge in [0.2, 0.25) is 0 Å². The first kappa shape index (κ1) is 15.2. The maximum atomic E-state index is 12.4. The summed E-state index contributed by atoms with van der Waals surface area (Å²) in [6, 6.07) is 12.9. The summed E-state index contributed by atoms with van der Waals surface area (Å²) >= 11 is 0. The smallest absolute Gasteiger partial charge is 0.338 e. The van der Waals surface area contributed by atoms with Crippen LogP contribution in [-0.2, 0) is 9.53 Å². The summed E-state index contributed by atoms with van der Waals surface area (Å²) < 4.78 is 5.05. The molecule has 0 spiro atoms. The summed E-state index contributed by atoms with van der Waals surface area (Å²) in [6.45, 7) is 2.10. The van der Waals surface area contributed by atoms with Gasteiger partial charge in [0.05, 0.1) is 23.4 Å². The molecule has 2 heterocycles. The Balaban J connectivity index is 1.75. The second-order valence-corrected chi connectivity index (χ2v) is 5.77. The van der Waals surface area contributed by atoms with Crippen molar-refractivity contribution in [3.8, 4) is 0 Å². The topological polar surface area (TPSA) is 67.4 Å². The molecular weight excluding hydrogens is 316 g/mol. The van der Waals surface area contributed by atoms with Crippen molar-refractivity contribution >= 4 is 34.9 Å². The van der Waals surface area contributed by atoms with Crippen LogP contribution in [0.1, 0.15) is 28.4 Å². The van der Waals surface area contributed by atoms with Gasteiger partial charge < -0.3 is 15.4 Å². The van der Waals surface area contributed by atoms with Gasteiger partial charge in [-0.05, 0) is 36.8 Å². The highest BCUT2D eigenvalue weighted by Crippen LogP contribution is 2.36. The second kappa shape index (κ2) is 5.94. The second-order valence-electron chi connectivity index (χ2n) is 5.77. The molecule has 25 heavy (non-hydrogen) atoms. The number of anilines is 2. The molecule has 2 N–H and O–H groups in total. The van der Waals surface area contributed by atoms with Crippen LogP contribution in [-0.4, -0.2) is 18.5 Å². The van der Waals surface area contributed by atoms with Crippen molar-refractivity contribution in [3.63, 3.8) is 0 Å². The first-order valence-corrected chi connectivity index (χ1v) is 8.08. The van der Waals surface area contributed by atoms with Gasteiger partial charge in [0, 0.05) is 16.9 Å². The number of para-hydroxylation sites is 1. The lowest BCUT2D eigenvalue weighted by molar-refractivity contribution is -0.110. The fourth-order valence-corrected chi connectivity index (χ4v) is 3.04. The Bertz CT molecular complexity index is 957. The number of carbonyl (C=O) groups excluding carboxylic acids is 2. The fourth-order valence-electron chi connectivity index (χ4n) is 3.04. The zero-order valence-corrected chi connectivity index (χ0v) is 13.6. The number of allylic oxidation sites excluding steroid dienone is 1. The minimum Gasteiger partial charge on any atom is -0.462 e. The largest absolute Gasteiger partial charge is 0.462 e. The molecule has 0 unspecified atom stereocenters. The molecule has 0 bridgehead atoms. The lowest BCUT2D eigenvalue weighted by Gasteiger charge is -2.18. The molecule has 2 aromatic carbocycles. The maximum Gasteiger partial charge on any atom is 0.338 e. The number of hydrogen-bond donors (Lipinski definition) is 2. The molecule has 5 heteroatoms. The Hall–Kier alpha value is -3.34. The Kier molecular flexibility index (Phi) is 3.61. The Labute approximate surface area is 145 Å². The van der Waals surface area contributed by atoms with Crippen LogP contribution in [0.4, 0.5) is 11.4 Å². The Morgan fingerprint density at radius 2 is 1.88 bits per heavy atom. The predicted molar refractivity (Wildman–Crippen MR) is 97.0 cm³/mol. The number of hydrogen-bond acceptors (Lipinski definition) is 4. The van der Waals surface area contributed by atoms with Crippen molar-refractivity contribution < 1.29 is 14.3 Å². The highest BCUT2D eigenvalue weighted by molar-refractivity contribution is 6.33. The van der Waals surface area contributed by atoms with Crippen LogP contribution in [0, 0.1) is 0 Å². The van der Waals surface area contributed by atoms with Crippen molar-refractivity contribution in [1.29, 1.82) is 0 Å². The fraction of sp³-hybridized carbons (Fsp3) is 0.100. The average molecular weight is 332 g/mol. The maximum absolute atomic E-state index is 12.4. The summed E-state index contributed by atoms with van der Waals surface area (Å²) in [7, 11) is 0. The molecule has 4 rings (SSSR count). The number of carbonyl (C=O) groups is 2. The van der Waals surface area contributed by atoms with E-state index in [1.54, 1.807) is 19.1 Å². The van der Waals surface area contributed by atoms with E-state index in [0.717, 1.165) is 22.5 Å². The van der Waals surface area contributed by atoms with E-state index >= 15 is 0 Å². The Morgan fingerprint density at radius 3 is 2.72 bits per heavy atom. The SMILES string of the molecule is CCOC(=O)c1ccc2c(c1)N/C(=C1\C(=O)Nc3ccccc31)C=C2. The third-order valence-corrected chi connectivity index (χ3v) is 4.20. The number of benzene rings is 2. The third-order valence-electron chi connectivity index (χ3n) is 4.20. The first-order valence-electron chi connectivity index (χ1n) is 8.08. The summed E-state index contributed by atoms with van der Waals surface area (Å²) in [4.78, 5) is 24.3. The zero-order chi connectivity index (χ0) is 17.4. The van der Waals surface area contributed by atoms with E-state index in [0.29, 0.717) is 23.4 Å². The number of nitrogens with one attached hydrogen (secondary N) is 2. The lowest BCUT2D eigenvalue weighted by Crippen LogP contribution is -2.12. The van der Waals surface area contributed by atoms with Gasteiger partial charge in [-0.1, -0.05) is 30.3 Å². The van der Waals surface area contributed by atoms with Crippen molar-refractivity contribution in [2.75, 3.05) is 17.2 Å². The molecule has 0 aromatic heterocycles. The molecule has 0 aliphatic carbocycles. The van der Waals surface area contributed by atoms with Gasteiger partial charge in [-0.3, -0.25) is 4.79 Å². The average Bonchev–Trinajstić information content (AvgIpc) is 2.96. The molecule has 2 aliphatic heterocycles. The van der Waals surface area contributed by atoms with Gasteiger partial charge in [0.15, 0.2) is 0 Å². The van der Waals surface area contributed by atoms with Crippen molar-refractivity contribution in [2.45, 2.75) is 6.92 Å². The van der Waals surface area contributed by atoms with Crippen LogP contribution in [0.2, 0.25) is 0 Å². The van der Waals surface area contributed by atoms with Crippen molar-refractivity contribution in [3.05, 3.63) is 70.9 Å². The molecule has 0 saturated heterocycles. The van der Waals surface area contributed by atoms with Crippen LogP contribution in [0.3, 0.4) is 0 Å². The van der Waals surface area contributed by atoms with Gasteiger partial charge in [-0.2, -0.15) is 0 Å². The lowest BCUT2D eigenvalue weighted by atomic mass is 10.00.